The molecule has 0 rings (SSSR count). The molecule has 4 atom stereocenters. The molecule has 0 bridgehead atoms. The summed E-state index contributed by atoms with van der Waals surface area (Å²) in [5, 5.41) is 16.3. The quantitative estimate of drug-likeness (QED) is 0.0393. The van der Waals surface area contributed by atoms with Gasteiger partial charge in [-0.1, -0.05) is 0 Å². The number of rotatable bonds is 20. The summed E-state index contributed by atoms with van der Waals surface area (Å²) in [6.07, 6.45) is 0.315. The Bertz CT molecular complexity index is 863. The monoisotopic (exact) mass is 544 g/mol. The minimum absolute atomic E-state index is 0.0796. The number of hydrogen-bond donors (Lipinski definition) is 10. The van der Waals surface area contributed by atoms with Crippen molar-refractivity contribution >= 4 is 41.5 Å². The molecule has 17 nitrogen and oxygen atoms in total. The van der Waals surface area contributed by atoms with E-state index < -0.39 is 66.1 Å². The van der Waals surface area contributed by atoms with Crippen LogP contribution in [0.2, 0.25) is 0 Å². The zero-order valence-electron chi connectivity index (χ0n) is 21.2. The van der Waals surface area contributed by atoms with E-state index in [1.54, 1.807) is 0 Å². The molecule has 0 aliphatic carbocycles. The van der Waals surface area contributed by atoms with Crippen molar-refractivity contribution < 1.29 is 33.9 Å². The van der Waals surface area contributed by atoms with Crippen molar-refractivity contribution in [3.8, 4) is 0 Å². The molecule has 216 valence electrons. The lowest BCUT2D eigenvalue weighted by atomic mass is 10.1. The van der Waals surface area contributed by atoms with E-state index in [-0.39, 0.29) is 38.2 Å². The van der Waals surface area contributed by atoms with E-state index in [9.17, 15) is 33.9 Å². The number of unbranched alkanes of at least 4 members (excludes halogenated alkanes) is 1. The van der Waals surface area contributed by atoms with E-state index in [1.807, 2.05) is 0 Å². The number of nitrogens with zero attached hydrogens (tertiary/aromatic N) is 1. The van der Waals surface area contributed by atoms with Gasteiger partial charge in [-0.15, -0.1) is 0 Å². The van der Waals surface area contributed by atoms with Gasteiger partial charge in [-0.2, -0.15) is 0 Å². The van der Waals surface area contributed by atoms with E-state index in [0.717, 1.165) is 0 Å². The van der Waals surface area contributed by atoms with Gasteiger partial charge in [0.1, 0.15) is 18.1 Å². The zero-order valence-corrected chi connectivity index (χ0v) is 21.2. The van der Waals surface area contributed by atoms with E-state index in [4.69, 9.17) is 34.4 Å². The molecular weight excluding hydrogens is 504 g/mol. The molecule has 0 spiro atoms. The van der Waals surface area contributed by atoms with Gasteiger partial charge >= 0.3 is 5.97 Å². The maximum atomic E-state index is 12.9. The van der Waals surface area contributed by atoms with Gasteiger partial charge in [0.05, 0.1) is 12.5 Å². The molecule has 0 heterocycles. The van der Waals surface area contributed by atoms with Gasteiger partial charge < -0.3 is 55.5 Å². The van der Waals surface area contributed by atoms with Crippen molar-refractivity contribution in [1.29, 1.82) is 0 Å². The van der Waals surface area contributed by atoms with Gasteiger partial charge in [0.25, 0.3) is 0 Å². The van der Waals surface area contributed by atoms with Crippen LogP contribution in [0, 0.1) is 0 Å². The first-order chi connectivity index (χ1) is 17.8. The predicted octanol–water partition coefficient (Wildman–Crippen LogP) is -4.82. The largest absolute Gasteiger partial charge is 0.480 e. The number of carboxylic acid groups (broad SMARTS) is 1. The fraction of sp³-hybridized carbons (Fsp3) is 0.667. The van der Waals surface area contributed by atoms with Crippen LogP contribution in [-0.2, 0) is 28.8 Å². The van der Waals surface area contributed by atoms with Gasteiger partial charge in [0, 0.05) is 13.0 Å². The Morgan fingerprint density at radius 3 is 1.82 bits per heavy atom. The molecule has 0 saturated carbocycles. The summed E-state index contributed by atoms with van der Waals surface area (Å²) < 4.78 is 0. The average Bonchev–Trinajstić information content (AvgIpc) is 2.82. The minimum Gasteiger partial charge on any atom is -0.480 e. The number of hydrogen-bond acceptors (Lipinski definition) is 9. The first kappa shape index (κ1) is 34.0. The molecule has 0 fully saturated rings. The van der Waals surface area contributed by atoms with Crippen LogP contribution in [0.3, 0.4) is 0 Å². The normalized spacial score (nSPS) is 13.7. The zero-order chi connectivity index (χ0) is 29.3. The van der Waals surface area contributed by atoms with Gasteiger partial charge in [0.15, 0.2) is 5.96 Å². The van der Waals surface area contributed by atoms with Crippen LogP contribution in [0.15, 0.2) is 4.99 Å². The van der Waals surface area contributed by atoms with Gasteiger partial charge in [-0.3, -0.25) is 29.0 Å². The van der Waals surface area contributed by atoms with Gasteiger partial charge in [-0.25, -0.2) is 4.79 Å². The van der Waals surface area contributed by atoms with E-state index in [0.29, 0.717) is 25.8 Å². The van der Waals surface area contributed by atoms with E-state index in [1.165, 1.54) is 0 Å². The van der Waals surface area contributed by atoms with Crippen LogP contribution in [0.25, 0.3) is 0 Å². The smallest absolute Gasteiger partial charge is 0.326 e. The van der Waals surface area contributed by atoms with E-state index >= 15 is 0 Å². The number of primary amides is 2. The number of amides is 5. The van der Waals surface area contributed by atoms with Crippen molar-refractivity contribution in [2.75, 3.05) is 13.1 Å². The number of aliphatic carboxylic acids is 1. The number of aliphatic imine (C=N–C) groups is 1. The van der Waals surface area contributed by atoms with Crippen molar-refractivity contribution in [3.05, 3.63) is 0 Å². The molecule has 0 aromatic heterocycles. The first-order valence-corrected chi connectivity index (χ1v) is 12.0. The van der Waals surface area contributed by atoms with Crippen molar-refractivity contribution in [2.24, 2.45) is 39.4 Å². The summed E-state index contributed by atoms with van der Waals surface area (Å²) in [6, 6.07) is -5.27. The third kappa shape index (κ3) is 15.2. The van der Waals surface area contributed by atoms with Crippen LogP contribution in [0.5, 0.6) is 0 Å². The Balaban J connectivity index is 5.47. The topological polar surface area (TPSA) is 327 Å². The number of guanidine groups is 1. The molecular formula is C21H40N10O7. The lowest BCUT2D eigenvalue weighted by Gasteiger charge is -2.24. The number of carboxylic acids is 1. The molecule has 5 amide bonds. The summed E-state index contributed by atoms with van der Waals surface area (Å²) >= 11 is 0. The number of nitrogens with one attached hydrogen (secondary N) is 3. The number of carbonyl (C=O) groups excluding carboxylic acids is 5. The number of carbonyl (C=O) groups is 6. The summed E-state index contributed by atoms with van der Waals surface area (Å²) in [7, 11) is 0. The van der Waals surface area contributed by atoms with Crippen LogP contribution in [-0.4, -0.2) is 83.8 Å². The highest BCUT2D eigenvalue weighted by Crippen LogP contribution is 2.06. The molecule has 38 heavy (non-hydrogen) atoms. The second kappa shape index (κ2) is 18.3. The fourth-order valence-electron chi connectivity index (χ4n) is 3.19. The summed E-state index contributed by atoms with van der Waals surface area (Å²) in [6.45, 7) is 0.555. The average molecular weight is 545 g/mol. The Morgan fingerprint density at radius 2 is 1.29 bits per heavy atom. The Kier molecular flexibility index (Phi) is 16.4. The Labute approximate surface area is 219 Å². The molecule has 0 aliphatic rings. The predicted molar refractivity (Wildman–Crippen MR) is 136 cm³/mol. The Morgan fingerprint density at radius 1 is 0.711 bits per heavy atom. The highest BCUT2D eigenvalue weighted by Gasteiger charge is 2.31. The second-order valence-corrected chi connectivity index (χ2v) is 8.54. The van der Waals surface area contributed by atoms with Gasteiger partial charge in [-0.05, 0) is 45.1 Å². The molecule has 0 aromatic rings. The van der Waals surface area contributed by atoms with Crippen LogP contribution >= 0.6 is 0 Å². The molecule has 0 aromatic carbocycles. The third-order valence-electron chi connectivity index (χ3n) is 5.22. The standard InChI is InChI=1S/C21H40N10O7/c22-8-2-1-5-13(20(37)38)30-18(35)12(6-7-15(24)32)29-19(36)14(10-16(25)33)31-17(34)11(23)4-3-9-28-21(26)27/h11-14H,1-10,22-23H2,(H2,24,32)(H2,25,33)(H,29,36)(H,30,35)(H,31,34)(H,37,38)(H4,26,27,28). The second-order valence-electron chi connectivity index (χ2n) is 8.54. The maximum absolute atomic E-state index is 12.9. The Hall–Kier alpha value is -3.99. The SMILES string of the molecule is NCCCCC(NC(=O)C(CCC(N)=O)NC(=O)C(CC(N)=O)NC(=O)C(N)CCCN=C(N)N)C(=O)O. The van der Waals surface area contributed by atoms with Crippen molar-refractivity contribution in [1.82, 2.24) is 16.0 Å². The summed E-state index contributed by atoms with van der Waals surface area (Å²) in [4.78, 5) is 76.3. The highest BCUT2D eigenvalue weighted by molar-refractivity contribution is 5.96. The van der Waals surface area contributed by atoms with Crippen molar-refractivity contribution in [2.45, 2.75) is 75.5 Å². The molecule has 0 radical (unpaired) electrons. The van der Waals surface area contributed by atoms with Crippen LogP contribution in [0.4, 0.5) is 0 Å². The van der Waals surface area contributed by atoms with Crippen LogP contribution < -0.4 is 50.4 Å². The van der Waals surface area contributed by atoms with Crippen LogP contribution in [0.1, 0.15) is 51.4 Å². The summed E-state index contributed by atoms with van der Waals surface area (Å²) in [5.74, 6) is -5.80. The van der Waals surface area contributed by atoms with Gasteiger partial charge in [0.2, 0.25) is 29.5 Å². The highest BCUT2D eigenvalue weighted by atomic mass is 16.4. The maximum Gasteiger partial charge on any atom is 0.326 e. The lowest BCUT2D eigenvalue weighted by Crippen LogP contribution is -2.57. The number of nitrogens with two attached hydrogens (primary N) is 6. The molecule has 0 saturated heterocycles. The molecule has 0 aliphatic heterocycles. The minimum atomic E-state index is -1.51. The van der Waals surface area contributed by atoms with E-state index in [2.05, 4.69) is 20.9 Å². The molecule has 17 heteroatoms. The van der Waals surface area contributed by atoms with Crippen molar-refractivity contribution in [3.63, 3.8) is 0 Å². The summed E-state index contributed by atoms with van der Waals surface area (Å²) in [5.41, 5.74) is 32.0. The molecule has 4 unspecified atom stereocenters. The third-order valence-corrected chi connectivity index (χ3v) is 5.22. The lowest BCUT2D eigenvalue weighted by molar-refractivity contribution is -0.142. The first-order valence-electron chi connectivity index (χ1n) is 12.0. The fourth-order valence-corrected chi connectivity index (χ4v) is 3.19. The molecule has 16 N–H and O–H groups in total.